The number of carboxylic acid groups (broad SMARTS) is 1. The lowest BCUT2D eigenvalue weighted by molar-refractivity contribution is 0.220. The Labute approximate surface area is 75.9 Å². The van der Waals surface area contributed by atoms with Crippen molar-refractivity contribution in [3.8, 4) is 0 Å². The van der Waals surface area contributed by atoms with E-state index in [1.54, 1.807) is 0 Å². The van der Waals surface area contributed by atoms with Gasteiger partial charge in [0.05, 0.1) is 0 Å². The molecule has 0 unspecified atom stereocenters. The predicted molar refractivity (Wildman–Crippen MR) is 47.3 cm³/mol. The molecule has 0 aromatic carbocycles. The lowest BCUT2D eigenvalue weighted by Crippen LogP contribution is -2.40. The van der Waals surface area contributed by atoms with E-state index in [-0.39, 0.29) is 12.4 Å². The van der Waals surface area contributed by atoms with E-state index in [4.69, 9.17) is 5.11 Å². The molecule has 6 heteroatoms. The highest BCUT2D eigenvalue weighted by Gasteiger charge is 2.12. The molecule has 0 spiro atoms. The molecule has 4 nitrogen and oxygen atoms in total. The summed E-state index contributed by atoms with van der Waals surface area (Å²) in [4.78, 5) is 10.2. The Morgan fingerprint density at radius 3 is 2.45 bits per heavy atom. The first-order valence-electron chi connectivity index (χ1n) is 3.15. The van der Waals surface area contributed by atoms with Crippen molar-refractivity contribution in [1.82, 2.24) is 9.62 Å². The summed E-state index contributed by atoms with van der Waals surface area (Å²) in [5, 5.41) is 10.7. The second-order valence-corrected chi connectivity index (χ2v) is 3.08. The number of carbonyl (C=O) groups is 1. The van der Waals surface area contributed by atoms with Crippen LogP contribution in [0, 0.1) is 0 Å². The molecule has 0 amide bonds. The van der Waals surface area contributed by atoms with Crippen molar-refractivity contribution in [1.29, 1.82) is 0 Å². The summed E-state index contributed by atoms with van der Waals surface area (Å²) in [6.45, 7) is 3.41. The van der Waals surface area contributed by atoms with Crippen molar-refractivity contribution in [3.63, 3.8) is 0 Å². The zero-order valence-corrected chi connectivity index (χ0v) is 7.58. The van der Waals surface area contributed by atoms with Crippen LogP contribution in [0.25, 0.3) is 0 Å². The highest BCUT2D eigenvalue weighted by molar-refractivity contribution is 8.11. The zero-order valence-electron chi connectivity index (χ0n) is 5.95. The molecule has 0 saturated carbocycles. The molecular weight excluding hydrogens is 188 g/mol. The molecular formula is C5H11ClN2O2S. The van der Waals surface area contributed by atoms with E-state index in [9.17, 15) is 4.79 Å². The summed E-state index contributed by atoms with van der Waals surface area (Å²) >= 11 is 0.885. The average molecular weight is 199 g/mol. The summed E-state index contributed by atoms with van der Waals surface area (Å²) in [6.07, 6.45) is 0. The molecule has 0 aromatic heterocycles. The number of rotatable bonds is 1. The minimum absolute atomic E-state index is 0. The lowest BCUT2D eigenvalue weighted by atomic mass is 10.4. The number of nitrogens with zero attached hydrogens (tertiary/aromatic N) is 1. The van der Waals surface area contributed by atoms with Crippen molar-refractivity contribution in [2.75, 3.05) is 26.2 Å². The van der Waals surface area contributed by atoms with Crippen LogP contribution >= 0.6 is 24.4 Å². The summed E-state index contributed by atoms with van der Waals surface area (Å²) in [5.41, 5.74) is 0. The normalized spacial score (nSPS) is 18.9. The largest absolute Gasteiger partial charge is 0.472 e. The molecule has 0 bridgehead atoms. The van der Waals surface area contributed by atoms with Crippen molar-refractivity contribution in [2.45, 2.75) is 0 Å². The van der Waals surface area contributed by atoms with E-state index < -0.39 is 5.30 Å². The first-order chi connectivity index (χ1) is 4.79. The summed E-state index contributed by atoms with van der Waals surface area (Å²) in [5.74, 6) is 0. The third-order valence-corrected chi connectivity index (χ3v) is 2.06. The van der Waals surface area contributed by atoms with Gasteiger partial charge in [0.25, 0.3) is 0 Å². The fourth-order valence-electron chi connectivity index (χ4n) is 0.846. The standard InChI is InChI=1S/C5H10N2O2S.ClH/c8-5(9)10-7-3-1-6-2-4-7;/h6H,1-4H2,(H,8,9);1H. The van der Waals surface area contributed by atoms with Crippen LogP contribution in [0.4, 0.5) is 4.79 Å². The molecule has 1 fully saturated rings. The molecule has 0 aromatic rings. The van der Waals surface area contributed by atoms with Crippen LogP contribution in [0.1, 0.15) is 0 Å². The SMILES string of the molecule is Cl.O=C(O)SN1CCNCC1. The molecule has 1 rings (SSSR count). The predicted octanol–water partition coefficient (Wildman–Crippen LogP) is 0.640. The monoisotopic (exact) mass is 198 g/mol. The molecule has 0 radical (unpaired) electrons. The minimum atomic E-state index is -0.818. The molecule has 66 valence electrons. The van der Waals surface area contributed by atoms with Gasteiger partial charge in [0, 0.05) is 38.1 Å². The summed E-state index contributed by atoms with van der Waals surface area (Å²) in [7, 11) is 0. The Hall–Kier alpha value is 0.0300. The number of nitrogens with one attached hydrogen (secondary N) is 1. The van der Waals surface area contributed by atoms with Gasteiger partial charge in [0.15, 0.2) is 0 Å². The molecule has 0 atom stereocenters. The Kier molecular flexibility index (Phi) is 5.67. The van der Waals surface area contributed by atoms with E-state index in [0.29, 0.717) is 0 Å². The highest BCUT2D eigenvalue weighted by Crippen LogP contribution is 2.09. The van der Waals surface area contributed by atoms with Crippen LogP contribution in [0.15, 0.2) is 0 Å². The molecule has 1 heterocycles. The fraction of sp³-hybridized carbons (Fsp3) is 0.800. The smallest absolute Gasteiger partial charge is 0.380 e. The Morgan fingerprint density at radius 2 is 2.00 bits per heavy atom. The van der Waals surface area contributed by atoms with Crippen LogP contribution in [-0.2, 0) is 0 Å². The summed E-state index contributed by atoms with van der Waals surface area (Å²) < 4.78 is 1.85. The molecule has 2 N–H and O–H groups in total. The Balaban J connectivity index is 0.000001000. The zero-order chi connectivity index (χ0) is 7.40. The maximum absolute atomic E-state index is 10.2. The summed E-state index contributed by atoms with van der Waals surface area (Å²) in [6, 6.07) is 0. The number of hydrogen-bond acceptors (Lipinski definition) is 4. The Bertz CT molecular complexity index is 130. The average Bonchev–Trinajstić information content (AvgIpc) is 1.88. The quantitative estimate of drug-likeness (QED) is 0.606. The van der Waals surface area contributed by atoms with Crippen molar-refractivity contribution < 1.29 is 9.90 Å². The van der Waals surface area contributed by atoms with Crippen molar-refractivity contribution in [2.24, 2.45) is 0 Å². The third-order valence-electron chi connectivity index (χ3n) is 1.28. The third kappa shape index (κ3) is 4.47. The van der Waals surface area contributed by atoms with Crippen molar-refractivity contribution in [3.05, 3.63) is 0 Å². The Morgan fingerprint density at radius 1 is 1.45 bits per heavy atom. The van der Waals surface area contributed by atoms with E-state index in [1.807, 2.05) is 4.31 Å². The van der Waals surface area contributed by atoms with Crippen LogP contribution in [0.5, 0.6) is 0 Å². The maximum Gasteiger partial charge on any atom is 0.380 e. The molecule has 1 aliphatic rings. The van der Waals surface area contributed by atoms with E-state index in [0.717, 1.165) is 38.1 Å². The molecule has 0 aliphatic carbocycles. The van der Waals surface area contributed by atoms with E-state index in [2.05, 4.69) is 5.32 Å². The van der Waals surface area contributed by atoms with Gasteiger partial charge in [0.1, 0.15) is 0 Å². The van der Waals surface area contributed by atoms with Gasteiger partial charge in [0.2, 0.25) is 0 Å². The van der Waals surface area contributed by atoms with Crippen molar-refractivity contribution >= 4 is 29.7 Å². The van der Waals surface area contributed by atoms with Gasteiger partial charge in [-0.05, 0) is 0 Å². The highest BCUT2D eigenvalue weighted by atomic mass is 35.5. The van der Waals surface area contributed by atoms with Gasteiger partial charge in [-0.15, -0.1) is 12.4 Å². The van der Waals surface area contributed by atoms with Crippen LogP contribution in [0.2, 0.25) is 0 Å². The molecule has 1 saturated heterocycles. The fourth-order valence-corrected chi connectivity index (χ4v) is 1.43. The topological polar surface area (TPSA) is 52.6 Å². The maximum atomic E-state index is 10.2. The van der Waals surface area contributed by atoms with Gasteiger partial charge < -0.3 is 10.4 Å². The van der Waals surface area contributed by atoms with E-state index >= 15 is 0 Å². The van der Waals surface area contributed by atoms with Gasteiger partial charge in [-0.25, -0.2) is 9.10 Å². The molecule has 11 heavy (non-hydrogen) atoms. The van der Waals surface area contributed by atoms with Gasteiger partial charge in [-0.1, -0.05) is 0 Å². The minimum Gasteiger partial charge on any atom is -0.472 e. The second-order valence-electron chi connectivity index (χ2n) is 2.04. The first-order valence-corrected chi connectivity index (χ1v) is 3.93. The van der Waals surface area contributed by atoms with E-state index in [1.165, 1.54) is 0 Å². The first kappa shape index (κ1) is 11.0. The lowest BCUT2D eigenvalue weighted by Gasteiger charge is -2.23. The van der Waals surface area contributed by atoms with Crippen LogP contribution in [-0.4, -0.2) is 40.9 Å². The van der Waals surface area contributed by atoms with Gasteiger partial charge in [-0.2, -0.15) is 0 Å². The number of hydrogen-bond donors (Lipinski definition) is 2. The number of piperazine rings is 1. The van der Waals surface area contributed by atoms with Gasteiger partial charge in [-0.3, -0.25) is 0 Å². The van der Waals surface area contributed by atoms with Gasteiger partial charge >= 0.3 is 5.30 Å². The molecule has 1 aliphatic heterocycles. The van der Waals surface area contributed by atoms with Crippen LogP contribution in [0.3, 0.4) is 0 Å². The number of halogens is 1. The van der Waals surface area contributed by atoms with Crippen LogP contribution < -0.4 is 5.32 Å². The second kappa shape index (κ2) is 5.65.